The summed E-state index contributed by atoms with van der Waals surface area (Å²) in [4.78, 5) is 14.7. The van der Waals surface area contributed by atoms with Crippen molar-refractivity contribution in [3.8, 4) is 0 Å². The van der Waals surface area contributed by atoms with Crippen molar-refractivity contribution in [2.24, 2.45) is 11.1 Å². The smallest absolute Gasteiger partial charge is 0.253 e. The average molecular weight is 276 g/mol. The minimum atomic E-state index is 0.0774. The second kappa shape index (κ2) is 5.29. The Balaban J connectivity index is 2.12. The summed E-state index contributed by atoms with van der Waals surface area (Å²) in [7, 11) is 0. The van der Waals surface area contributed by atoms with Gasteiger partial charge in [0.1, 0.15) is 4.99 Å². The van der Waals surface area contributed by atoms with Crippen LogP contribution in [0.3, 0.4) is 0 Å². The van der Waals surface area contributed by atoms with E-state index in [0.717, 1.165) is 31.5 Å². The summed E-state index contributed by atoms with van der Waals surface area (Å²) in [5.74, 6) is 0.0774. The van der Waals surface area contributed by atoms with Crippen LogP contribution in [0.2, 0.25) is 0 Å². The Bertz CT molecular complexity index is 501. The molecule has 1 aliphatic rings. The largest absolute Gasteiger partial charge is 0.389 e. The topological polar surface area (TPSA) is 46.3 Å². The third kappa shape index (κ3) is 3.32. The van der Waals surface area contributed by atoms with Gasteiger partial charge < -0.3 is 10.6 Å². The Kier molecular flexibility index (Phi) is 3.90. The normalized spacial score (nSPS) is 18.1. The van der Waals surface area contributed by atoms with Crippen molar-refractivity contribution >= 4 is 23.1 Å². The molecule has 0 bridgehead atoms. The van der Waals surface area contributed by atoms with Gasteiger partial charge in [0.05, 0.1) is 0 Å². The number of hydrogen-bond donors (Lipinski definition) is 1. The Morgan fingerprint density at radius 1 is 1.26 bits per heavy atom. The van der Waals surface area contributed by atoms with Crippen molar-refractivity contribution in [2.75, 3.05) is 13.1 Å². The fraction of sp³-hybridized carbons (Fsp3) is 0.467. The highest BCUT2D eigenvalue weighted by Crippen LogP contribution is 2.30. The fourth-order valence-electron chi connectivity index (χ4n) is 2.30. The highest BCUT2D eigenvalue weighted by Gasteiger charge is 2.28. The van der Waals surface area contributed by atoms with E-state index in [1.165, 1.54) is 0 Å². The molecule has 4 heteroatoms. The molecule has 1 heterocycles. The zero-order chi connectivity index (χ0) is 14.0. The molecule has 3 nitrogen and oxygen atoms in total. The van der Waals surface area contributed by atoms with Crippen molar-refractivity contribution in [1.82, 2.24) is 4.90 Å². The summed E-state index contributed by atoms with van der Waals surface area (Å²) < 4.78 is 0. The van der Waals surface area contributed by atoms with E-state index in [-0.39, 0.29) is 5.91 Å². The summed E-state index contributed by atoms with van der Waals surface area (Å²) in [6, 6.07) is 7.27. The minimum Gasteiger partial charge on any atom is -0.389 e. The number of nitrogens with zero attached hydrogens (tertiary/aromatic N) is 1. The van der Waals surface area contributed by atoms with E-state index in [9.17, 15) is 4.79 Å². The molecule has 0 atom stereocenters. The van der Waals surface area contributed by atoms with Gasteiger partial charge in [-0.05, 0) is 30.4 Å². The van der Waals surface area contributed by atoms with Crippen molar-refractivity contribution in [2.45, 2.75) is 26.7 Å². The number of carbonyl (C=O) groups is 1. The molecule has 2 N–H and O–H groups in total. The Morgan fingerprint density at radius 2 is 1.84 bits per heavy atom. The molecule has 0 saturated carbocycles. The summed E-state index contributed by atoms with van der Waals surface area (Å²) in [5.41, 5.74) is 7.37. The first-order valence-electron chi connectivity index (χ1n) is 6.58. The first-order valence-corrected chi connectivity index (χ1v) is 6.99. The van der Waals surface area contributed by atoms with E-state index in [2.05, 4.69) is 13.8 Å². The van der Waals surface area contributed by atoms with Crippen LogP contribution in [-0.2, 0) is 0 Å². The number of piperidine rings is 1. The van der Waals surface area contributed by atoms with Crippen LogP contribution < -0.4 is 5.73 Å². The molecule has 1 amide bonds. The van der Waals surface area contributed by atoms with Gasteiger partial charge in [-0.1, -0.05) is 38.2 Å². The molecule has 1 aliphatic heterocycles. The molecule has 0 unspecified atom stereocenters. The summed E-state index contributed by atoms with van der Waals surface area (Å²) >= 11 is 4.95. The lowest BCUT2D eigenvalue weighted by Crippen LogP contribution is -2.41. The van der Waals surface area contributed by atoms with Crippen LogP contribution in [0.15, 0.2) is 24.3 Å². The summed E-state index contributed by atoms with van der Waals surface area (Å²) in [6.07, 6.45) is 2.10. The van der Waals surface area contributed by atoms with Gasteiger partial charge in [0.25, 0.3) is 5.91 Å². The number of carbonyl (C=O) groups excluding carboxylic acids is 1. The molecule has 1 aromatic rings. The Hall–Kier alpha value is -1.42. The third-order valence-electron chi connectivity index (χ3n) is 3.80. The van der Waals surface area contributed by atoms with Gasteiger partial charge in [0, 0.05) is 24.2 Å². The van der Waals surface area contributed by atoms with E-state index >= 15 is 0 Å². The van der Waals surface area contributed by atoms with Gasteiger partial charge >= 0.3 is 0 Å². The lowest BCUT2D eigenvalue weighted by Gasteiger charge is -2.37. The predicted octanol–water partition coefficient (Wildman–Crippen LogP) is 2.58. The maximum atomic E-state index is 12.4. The van der Waals surface area contributed by atoms with Crippen molar-refractivity contribution < 1.29 is 4.79 Å². The molecule has 1 saturated heterocycles. The quantitative estimate of drug-likeness (QED) is 0.845. The van der Waals surface area contributed by atoms with E-state index in [4.69, 9.17) is 18.0 Å². The van der Waals surface area contributed by atoms with Crippen LogP contribution in [0.4, 0.5) is 0 Å². The fourth-order valence-corrected chi connectivity index (χ4v) is 2.43. The van der Waals surface area contributed by atoms with Gasteiger partial charge in [-0.15, -0.1) is 0 Å². The predicted molar refractivity (Wildman–Crippen MR) is 81.2 cm³/mol. The Morgan fingerprint density at radius 3 is 2.42 bits per heavy atom. The molecule has 19 heavy (non-hydrogen) atoms. The van der Waals surface area contributed by atoms with Crippen LogP contribution in [0, 0.1) is 5.41 Å². The van der Waals surface area contributed by atoms with Crippen LogP contribution in [0.25, 0.3) is 0 Å². The lowest BCUT2D eigenvalue weighted by molar-refractivity contribution is 0.0630. The van der Waals surface area contributed by atoms with Crippen LogP contribution in [0.5, 0.6) is 0 Å². The summed E-state index contributed by atoms with van der Waals surface area (Å²) in [5, 5.41) is 0. The molecular weight excluding hydrogens is 256 g/mol. The standard InChI is InChI=1S/C15H20N2OS/c1-15(2)6-8-17(9-7-15)14(18)12-5-3-4-11(10-12)13(16)19/h3-5,10H,6-9H2,1-2H3,(H2,16,19). The van der Waals surface area contributed by atoms with Gasteiger partial charge in [-0.25, -0.2) is 0 Å². The van der Waals surface area contributed by atoms with Crippen LogP contribution in [-0.4, -0.2) is 28.9 Å². The number of benzene rings is 1. The lowest BCUT2D eigenvalue weighted by atomic mass is 9.82. The first kappa shape index (κ1) is 14.0. The molecule has 0 aromatic heterocycles. The number of likely N-dealkylation sites (tertiary alicyclic amines) is 1. The maximum absolute atomic E-state index is 12.4. The maximum Gasteiger partial charge on any atom is 0.253 e. The molecule has 1 fully saturated rings. The molecule has 1 aromatic carbocycles. The van der Waals surface area contributed by atoms with Crippen LogP contribution in [0.1, 0.15) is 42.6 Å². The number of nitrogens with two attached hydrogens (primary N) is 1. The van der Waals surface area contributed by atoms with Gasteiger partial charge in [-0.2, -0.15) is 0 Å². The first-order chi connectivity index (χ1) is 8.89. The summed E-state index contributed by atoms with van der Waals surface area (Å²) in [6.45, 7) is 6.15. The molecule has 0 aliphatic carbocycles. The van der Waals surface area contributed by atoms with Gasteiger partial charge in [-0.3, -0.25) is 4.79 Å². The molecule has 2 rings (SSSR count). The highest BCUT2D eigenvalue weighted by atomic mass is 32.1. The van der Waals surface area contributed by atoms with E-state index in [1.54, 1.807) is 6.07 Å². The van der Waals surface area contributed by atoms with Gasteiger partial charge in [0.2, 0.25) is 0 Å². The monoisotopic (exact) mass is 276 g/mol. The number of hydrogen-bond acceptors (Lipinski definition) is 2. The van der Waals surface area contributed by atoms with Crippen molar-refractivity contribution in [1.29, 1.82) is 0 Å². The van der Waals surface area contributed by atoms with E-state index in [0.29, 0.717) is 16.0 Å². The third-order valence-corrected chi connectivity index (χ3v) is 4.03. The molecule has 102 valence electrons. The average Bonchev–Trinajstić information content (AvgIpc) is 2.38. The molecule has 0 radical (unpaired) electrons. The minimum absolute atomic E-state index is 0.0774. The Labute approximate surface area is 119 Å². The SMILES string of the molecule is CC1(C)CCN(C(=O)c2cccc(C(N)=S)c2)CC1. The number of amides is 1. The number of thiocarbonyl (C=S) groups is 1. The number of rotatable bonds is 2. The molecule has 0 spiro atoms. The zero-order valence-electron chi connectivity index (χ0n) is 11.5. The van der Waals surface area contributed by atoms with Gasteiger partial charge in [0.15, 0.2) is 0 Å². The zero-order valence-corrected chi connectivity index (χ0v) is 12.3. The highest BCUT2D eigenvalue weighted by molar-refractivity contribution is 7.80. The van der Waals surface area contributed by atoms with Crippen molar-refractivity contribution in [3.05, 3.63) is 35.4 Å². The van der Waals surface area contributed by atoms with E-state index < -0.39 is 0 Å². The van der Waals surface area contributed by atoms with E-state index in [1.807, 2.05) is 23.1 Å². The second-order valence-electron chi connectivity index (χ2n) is 5.90. The molecular formula is C15H20N2OS. The second-order valence-corrected chi connectivity index (χ2v) is 6.34. The van der Waals surface area contributed by atoms with Crippen molar-refractivity contribution in [3.63, 3.8) is 0 Å². The van der Waals surface area contributed by atoms with Crippen LogP contribution >= 0.6 is 12.2 Å².